The first-order valence-corrected chi connectivity index (χ1v) is 9.04. The molecule has 0 radical (unpaired) electrons. The normalized spacial score (nSPS) is 11.1. The number of hydrogen-bond donors (Lipinski definition) is 1. The molecule has 27 heavy (non-hydrogen) atoms. The number of rotatable bonds is 2. The SMILES string of the molecule is N#Cc1ccc(-c2nc(N)c3nccn3c2-c2ccc3ncccc3c2)s1. The number of fused-ring (bicyclic) bond motifs is 2. The third kappa shape index (κ3) is 2.43. The van der Waals surface area contributed by atoms with Gasteiger partial charge in [0.1, 0.15) is 16.6 Å². The molecule has 0 unspecified atom stereocenters. The van der Waals surface area contributed by atoms with Crippen LogP contribution >= 0.6 is 11.3 Å². The third-order valence-electron chi connectivity index (χ3n) is 4.39. The molecule has 0 saturated carbocycles. The number of nitrogens with two attached hydrogens (primary N) is 1. The summed E-state index contributed by atoms with van der Waals surface area (Å²) in [6, 6.07) is 15.9. The second-order valence-electron chi connectivity index (χ2n) is 6.00. The number of nitrogen functional groups attached to an aromatic ring is 1. The van der Waals surface area contributed by atoms with Crippen LogP contribution in [0.25, 0.3) is 38.4 Å². The Morgan fingerprint density at radius 3 is 2.85 bits per heavy atom. The molecule has 0 aliphatic heterocycles. The van der Waals surface area contributed by atoms with E-state index in [2.05, 4.69) is 27.1 Å². The summed E-state index contributed by atoms with van der Waals surface area (Å²) >= 11 is 1.39. The summed E-state index contributed by atoms with van der Waals surface area (Å²) in [4.78, 5) is 14.9. The highest BCUT2D eigenvalue weighted by atomic mass is 32.1. The molecule has 4 heterocycles. The Morgan fingerprint density at radius 1 is 1.07 bits per heavy atom. The molecule has 0 saturated heterocycles. The van der Waals surface area contributed by atoms with E-state index >= 15 is 0 Å². The van der Waals surface area contributed by atoms with Crippen LogP contribution < -0.4 is 5.73 Å². The molecule has 6 nitrogen and oxygen atoms in total. The monoisotopic (exact) mass is 368 g/mol. The van der Waals surface area contributed by atoms with Crippen LogP contribution in [0.2, 0.25) is 0 Å². The predicted octanol–water partition coefficient (Wildman–Crippen LogP) is 4.13. The second-order valence-corrected chi connectivity index (χ2v) is 7.09. The zero-order valence-corrected chi connectivity index (χ0v) is 14.8. The maximum atomic E-state index is 9.19. The lowest BCUT2D eigenvalue weighted by Gasteiger charge is -2.13. The summed E-state index contributed by atoms with van der Waals surface area (Å²) < 4.78 is 1.95. The molecule has 0 aliphatic rings. The molecule has 0 bridgehead atoms. The third-order valence-corrected chi connectivity index (χ3v) is 5.39. The molecule has 0 aliphatic carbocycles. The number of nitrogens with zero attached hydrogens (tertiary/aromatic N) is 5. The molecule has 5 aromatic rings. The number of nitriles is 1. The molecule has 128 valence electrons. The van der Waals surface area contributed by atoms with Gasteiger partial charge in [0.2, 0.25) is 0 Å². The summed E-state index contributed by atoms with van der Waals surface area (Å²) in [7, 11) is 0. The van der Waals surface area contributed by atoms with Gasteiger partial charge in [0.15, 0.2) is 11.5 Å². The van der Waals surface area contributed by atoms with Crippen LogP contribution in [0, 0.1) is 11.3 Å². The number of hydrogen-bond acceptors (Lipinski definition) is 6. The van der Waals surface area contributed by atoms with E-state index < -0.39 is 0 Å². The zero-order valence-electron chi connectivity index (χ0n) is 14.0. The molecular weight excluding hydrogens is 356 g/mol. The molecule has 4 aromatic heterocycles. The van der Waals surface area contributed by atoms with Crippen molar-refractivity contribution in [2.45, 2.75) is 0 Å². The quantitative estimate of drug-likeness (QED) is 0.506. The van der Waals surface area contributed by atoms with Crippen LogP contribution in [0.5, 0.6) is 0 Å². The van der Waals surface area contributed by atoms with Crippen molar-refractivity contribution in [2.24, 2.45) is 0 Å². The van der Waals surface area contributed by atoms with Gasteiger partial charge >= 0.3 is 0 Å². The van der Waals surface area contributed by atoms with Crippen LogP contribution in [0.4, 0.5) is 5.82 Å². The molecule has 0 fully saturated rings. The topological polar surface area (TPSA) is 92.9 Å². The summed E-state index contributed by atoms with van der Waals surface area (Å²) in [6.07, 6.45) is 5.36. The molecule has 0 amide bonds. The second kappa shape index (κ2) is 5.90. The van der Waals surface area contributed by atoms with Gasteiger partial charge in [-0.05, 0) is 30.3 Å². The highest BCUT2D eigenvalue weighted by Gasteiger charge is 2.18. The van der Waals surface area contributed by atoms with Gasteiger partial charge in [0.25, 0.3) is 0 Å². The minimum Gasteiger partial charge on any atom is -0.381 e. The predicted molar refractivity (Wildman–Crippen MR) is 106 cm³/mol. The molecule has 5 rings (SSSR count). The van der Waals surface area contributed by atoms with Crippen molar-refractivity contribution >= 4 is 33.7 Å². The maximum absolute atomic E-state index is 9.19. The largest absolute Gasteiger partial charge is 0.381 e. The van der Waals surface area contributed by atoms with Gasteiger partial charge in [-0.1, -0.05) is 12.1 Å². The molecule has 7 heteroatoms. The first-order valence-electron chi connectivity index (χ1n) is 8.22. The van der Waals surface area contributed by atoms with Crippen molar-refractivity contribution in [3.63, 3.8) is 0 Å². The van der Waals surface area contributed by atoms with Crippen LogP contribution in [0.3, 0.4) is 0 Å². The van der Waals surface area contributed by atoms with Crippen LogP contribution in [-0.2, 0) is 0 Å². The van der Waals surface area contributed by atoms with Gasteiger partial charge in [-0.2, -0.15) is 5.26 Å². The number of pyridine rings is 1. The van der Waals surface area contributed by atoms with E-state index in [-0.39, 0.29) is 0 Å². The molecule has 2 N–H and O–H groups in total. The lowest BCUT2D eigenvalue weighted by atomic mass is 10.1. The lowest BCUT2D eigenvalue weighted by molar-refractivity contribution is 1.15. The van der Waals surface area contributed by atoms with E-state index in [0.29, 0.717) is 16.3 Å². The standard InChI is InChI=1S/C20H12N6S/c21-11-14-4-6-16(27-14)17-18(26-9-8-24-20(26)19(22)25-17)13-3-5-15-12(10-13)2-1-7-23-15/h1-10H,(H2,22,25). The van der Waals surface area contributed by atoms with Crippen molar-refractivity contribution in [2.75, 3.05) is 5.73 Å². The van der Waals surface area contributed by atoms with Crippen molar-refractivity contribution in [1.29, 1.82) is 5.26 Å². The molecule has 0 atom stereocenters. The number of imidazole rings is 1. The summed E-state index contributed by atoms with van der Waals surface area (Å²) in [5.41, 5.74) is 10.3. The highest BCUT2D eigenvalue weighted by Crippen LogP contribution is 2.37. The van der Waals surface area contributed by atoms with Gasteiger partial charge in [0, 0.05) is 29.5 Å². The Hall–Kier alpha value is -3.76. The van der Waals surface area contributed by atoms with Gasteiger partial charge in [-0.15, -0.1) is 11.3 Å². The van der Waals surface area contributed by atoms with E-state index in [9.17, 15) is 5.26 Å². The van der Waals surface area contributed by atoms with Gasteiger partial charge in [-0.3, -0.25) is 9.38 Å². The summed E-state index contributed by atoms with van der Waals surface area (Å²) in [5, 5.41) is 10.2. The Labute approximate surface area is 158 Å². The first-order chi connectivity index (χ1) is 13.2. The van der Waals surface area contributed by atoms with E-state index in [1.165, 1.54) is 11.3 Å². The maximum Gasteiger partial charge on any atom is 0.180 e. The van der Waals surface area contributed by atoms with Crippen molar-refractivity contribution in [3.8, 4) is 27.9 Å². The number of aromatic nitrogens is 4. The van der Waals surface area contributed by atoms with E-state index in [1.54, 1.807) is 18.5 Å². The minimum absolute atomic E-state index is 0.355. The van der Waals surface area contributed by atoms with E-state index in [4.69, 9.17) is 5.73 Å². The average Bonchev–Trinajstić information content (AvgIpc) is 3.37. The van der Waals surface area contributed by atoms with E-state index in [0.717, 1.165) is 32.7 Å². The average molecular weight is 368 g/mol. The van der Waals surface area contributed by atoms with E-state index in [1.807, 2.05) is 40.9 Å². The first kappa shape index (κ1) is 15.5. The smallest absolute Gasteiger partial charge is 0.180 e. The minimum atomic E-state index is 0.355. The molecule has 0 spiro atoms. The van der Waals surface area contributed by atoms with Crippen LogP contribution in [0.1, 0.15) is 4.88 Å². The Morgan fingerprint density at radius 2 is 2.00 bits per heavy atom. The molecule has 1 aromatic carbocycles. The fraction of sp³-hybridized carbons (Fsp3) is 0. The number of benzene rings is 1. The highest BCUT2D eigenvalue weighted by molar-refractivity contribution is 7.16. The number of anilines is 1. The summed E-state index contributed by atoms with van der Waals surface area (Å²) in [6.45, 7) is 0. The number of thiophene rings is 1. The Balaban J connectivity index is 1.86. The fourth-order valence-electron chi connectivity index (χ4n) is 3.21. The van der Waals surface area contributed by atoms with Crippen LogP contribution in [-0.4, -0.2) is 19.4 Å². The summed E-state index contributed by atoms with van der Waals surface area (Å²) in [5.74, 6) is 0.355. The Bertz CT molecular complexity index is 1360. The van der Waals surface area contributed by atoms with Gasteiger partial charge in [-0.25, -0.2) is 9.97 Å². The van der Waals surface area contributed by atoms with Crippen LogP contribution in [0.15, 0.2) is 61.1 Å². The molecular formula is C20H12N6S. The Kier molecular flexibility index (Phi) is 3.38. The van der Waals surface area contributed by atoms with Crippen molar-refractivity contribution in [1.82, 2.24) is 19.4 Å². The zero-order chi connectivity index (χ0) is 18.4. The van der Waals surface area contributed by atoms with Crippen molar-refractivity contribution < 1.29 is 0 Å². The van der Waals surface area contributed by atoms with Gasteiger partial charge < -0.3 is 5.73 Å². The lowest BCUT2D eigenvalue weighted by Crippen LogP contribution is -2.03. The fourth-order valence-corrected chi connectivity index (χ4v) is 4.00. The van der Waals surface area contributed by atoms with Crippen molar-refractivity contribution in [3.05, 3.63) is 65.9 Å². The van der Waals surface area contributed by atoms with Gasteiger partial charge in [0.05, 0.1) is 16.1 Å².